The fourth-order valence-corrected chi connectivity index (χ4v) is 5.19. The van der Waals surface area contributed by atoms with Gasteiger partial charge in [0.25, 0.3) is 10.0 Å². The highest BCUT2D eigenvalue weighted by Gasteiger charge is 2.42. The Morgan fingerprint density at radius 3 is 2.44 bits per heavy atom. The second-order valence-corrected chi connectivity index (χ2v) is 11.9. The molecule has 0 aliphatic carbocycles. The molecule has 228 valence electrons. The summed E-state index contributed by atoms with van der Waals surface area (Å²) in [4.78, 5) is 31.5. The lowest BCUT2D eigenvalue weighted by Crippen LogP contribution is -2.43. The van der Waals surface area contributed by atoms with Crippen molar-refractivity contribution in [2.75, 3.05) is 11.3 Å². The second kappa shape index (κ2) is 12.4. The molecule has 0 aliphatic heterocycles. The van der Waals surface area contributed by atoms with Gasteiger partial charge in [-0.2, -0.15) is 13.2 Å². The van der Waals surface area contributed by atoms with Crippen LogP contribution in [0.25, 0.3) is 11.2 Å². The van der Waals surface area contributed by atoms with Gasteiger partial charge >= 0.3 is 18.1 Å². The minimum atomic E-state index is -5.25. The van der Waals surface area contributed by atoms with Gasteiger partial charge in [-0.25, -0.2) is 28.0 Å². The van der Waals surface area contributed by atoms with E-state index in [9.17, 15) is 36.3 Å². The molecule has 0 saturated heterocycles. The number of imidazole rings is 1. The molecular weight excluding hydrogens is 591 g/mol. The number of ether oxygens (including phenoxy) is 1. The third-order valence-corrected chi connectivity index (χ3v) is 7.87. The van der Waals surface area contributed by atoms with E-state index in [0.717, 1.165) is 0 Å². The maximum atomic E-state index is 13.1. The van der Waals surface area contributed by atoms with Crippen molar-refractivity contribution in [1.82, 2.24) is 19.9 Å². The summed E-state index contributed by atoms with van der Waals surface area (Å²) in [6.07, 6.45) is -4.77. The number of esters is 1. The summed E-state index contributed by atoms with van der Waals surface area (Å²) in [5.74, 6) is -3.58. The lowest BCUT2D eigenvalue weighted by atomic mass is 9.99. The van der Waals surface area contributed by atoms with E-state index in [4.69, 9.17) is 4.74 Å². The summed E-state index contributed by atoms with van der Waals surface area (Å²) in [5.41, 5.74) is 0.180. The Kier molecular flexibility index (Phi) is 9.06. The van der Waals surface area contributed by atoms with E-state index in [1.54, 1.807) is 42.7 Å². The zero-order valence-electron chi connectivity index (χ0n) is 23.0. The summed E-state index contributed by atoms with van der Waals surface area (Å²) in [6.45, 7) is 3.66. The second-order valence-electron chi connectivity index (χ2n) is 10.2. The first kappa shape index (κ1) is 31.4. The van der Waals surface area contributed by atoms with Crippen molar-refractivity contribution >= 4 is 38.8 Å². The van der Waals surface area contributed by atoms with Crippen LogP contribution in [0.4, 0.5) is 18.9 Å². The van der Waals surface area contributed by atoms with Gasteiger partial charge in [0.2, 0.25) is 0 Å². The molecule has 0 fully saturated rings. The number of halogens is 3. The number of fused-ring (bicyclic) bond motifs is 1. The maximum Gasteiger partial charge on any atom is 0.490 e. The number of rotatable bonds is 12. The van der Waals surface area contributed by atoms with E-state index in [1.165, 1.54) is 48.8 Å². The number of sulfonamides is 1. The van der Waals surface area contributed by atoms with Crippen LogP contribution >= 0.6 is 0 Å². The average molecular weight is 620 g/mol. The number of benzene rings is 2. The van der Waals surface area contributed by atoms with Gasteiger partial charge in [0, 0.05) is 24.3 Å². The first-order chi connectivity index (χ1) is 20.1. The first-order valence-electron chi connectivity index (χ1n) is 12.9. The van der Waals surface area contributed by atoms with Crippen LogP contribution in [-0.4, -0.2) is 58.3 Å². The monoisotopic (exact) mass is 619 g/mol. The standard InChI is InChI=1S/C28H28F3N5O6S/c1-27(2,13-14-36-17-32-21-11-12-22(25(37)38)34-24(21)36)33-16-23(42-26(39)28(29,30)31)18-7-6-8-19(15-18)35-43(40,41)20-9-4-3-5-10-20/h3-12,15,17,23,33,35H,13-14,16H2,1-2H3,(H,37,38). The number of aromatic nitrogens is 3. The molecule has 1 atom stereocenters. The van der Waals surface area contributed by atoms with Gasteiger partial charge in [0.05, 0.1) is 11.2 Å². The molecule has 43 heavy (non-hydrogen) atoms. The third kappa shape index (κ3) is 8.08. The van der Waals surface area contributed by atoms with Crippen molar-refractivity contribution in [2.45, 2.75) is 49.5 Å². The number of carbonyl (C=O) groups is 2. The lowest BCUT2D eigenvalue weighted by molar-refractivity contribution is -0.205. The summed E-state index contributed by atoms with van der Waals surface area (Å²) in [6, 6.07) is 16.0. The van der Waals surface area contributed by atoms with Crippen molar-refractivity contribution in [1.29, 1.82) is 0 Å². The topological polar surface area (TPSA) is 153 Å². The predicted octanol–water partition coefficient (Wildman–Crippen LogP) is 4.54. The molecule has 0 radical (unpaired) electrons. The number of carboxylic acid groups (broad SMARTS) is 1. The molecule has 2 aromatic heterocycles. The number of aryl methyl sites for hydroxylation is 1. The van der Waals surface area contributed by atoms with E-state index in [-0.39, 0.29) is 28.4 Å². The molecule has 1 unspecified atom stereocenters. The highest BCUT2D eigenvalue weighted by Crippen LogP contribution is 2.27. The molecule has 2 aromatic carbocycles. The summed E-state index contributed by atoms with van der Waals surface area (Å²) in [7, 11) is -3.99. The number of alkyl halides is 3. The summed E-state index contributed by atoms with van der Waals surface area (Å²) >= 11 is 0. The van der Waals surface area contributed by atoms with Crippen molar-refractivity contribution in [3.63, 3.8) is 0 Å². The van der Waals surface area contributed by atoms with Crippen molar-refractivity contribution in [3.05, 3.63) is 84.3 Å². The average Bonchev–Trinajstić information content (AvgIpc) is 3.36. The number of nitrogens with zero attached hydrogens (tertiary/aromatic N) is 3. The van der Waals surface area contributed by atoms with Crippen LogP contribution in [0.1, 0.15) is 42.4 Å². The van der Waals surface area contributed by atoms with Crippen molar-refractivity contribution in [2.24, 2.45) is 0 Å². The number of anilines is 1. The van der Waals surface area contributed by atoms with Crippen molar-refractivity contribution in [3.8, 4) is 0 Å². The van der Waals surface area contributed by atoms with Gasteiger partial charge in [-0.3, -0.25) is 4.72 Å². The van der Waals surface area contributed by atoms with Crippen LogP contribution in [0.5, 0.6) is 0 Å². The molecule has 0 bridgehead atoms. The Morgan fingerprint density at radius 1 is 1.05 bits per heavy atom. The predicted molar refractivity (Wildman–Crippen MR) is 150 cm³/mol. The molecule has 3 N–H and O–H groups in total. The van der Waals surface area contributed by atoms with Crippen LogP contribution in [0.3, 0.4) is 0 Å². The largest absolute Gasteiger partial charge is 0.490 e. The number of carbonyl (C=O) groups excluding carboxylic acids is 1. The van der Waals surface area contributed by atoms with Crippen LogP contribution in [0, 0.1) is 0 Å². The number of hydrogen-bond donors (Lipinski definition) is 3. The molecule has 0 amide bonds. The highest BCUT2D eigenvalue weighted by atomic mass is 32.2. The van der Waals surface area contributed by atoms with Crippen LogP contribution < -0.4 is 10.0 Å². The highest BCUT2D eigenvalue weighted by molar-refractivity contribution is 7.92. The van der Waals surface area contributed by atoms with Crippen LogP contribution in [0.15, 0.2) is 78.0 Å². The van der Waals surface area contributed by atoms with E-state index in [2.05, 4.69) is 20.0 Å². The number of nitrogens with one attached hydrogen (secondary N) is 2. The lowest BCUT2D eigenvalue weighted by Gasteiger charge is -2.29. The van der Waals surface area contributed by atoms with E-state index in [0.29, 0.717) is 24.1 Å². The van der Waals surface area contributed by atoms with Crippen LogP contribution in [0.2, 0.25) is 0 Å². The molecular formula is C28H28F3N5O6S. The van der Waals surface area contributed by atoms with Gasteiger partial charge < -0.3 is 19.7 Å². The number of carboxylic acids is 1. The smallest absolute Gasteiger partial charge is 0.477 e. The van der Waals surface area contributed by atoms with E-state index < -0.39 is 39.8 Å². The Hall–Kier alpha value is -4.50. The Bertz CT molecular complexity index is 1730. The molecule has 4 rings (SSSR count). The van der Waals surface area contributed by atoms with E-state index in [1.807, 2.05) is 0 Å². The number of pyridine rings is 1. The van der Waals surface area contributed by atoms with Gasteiger partial charge in [-0.15, -0.1) is 0 Å². The zero-order valence-corrected chi connectivity index (χ0v) is 23.8. The molecule has 0 spiro atoms. The minimum Gasteiger partial charge on any atom is -0.477 e. The summed E-state index contributed by atoms with van der Waals surface area (Å²) in [5, 5.41) is 12.4. The molecule has 2 heterocycles. The summed E-state index contributed by atoms with van der Waals surface area (Å²) < 4.78 is 73.8. The van der Waals surface area contributed by atoms with Gasteiger partial charge in [-0.05, 0) is 62.2 Å². The SMILES string of the molecule is CC(C)(CCn1cnc2ccc(C(=O)O)nc21)NCC(OC(=O)C(F)(F)F)c1cccc(NS(=O)(=O)c2ccccc2)c1. The molecule has 0 saturated carbocycles. The normalized spacial score (nSPS) is 13.0. The quantitative estimate of drug-likeness (QED) is 0.194. The van der Waals surface area contributed by atoms with Crippen LogP contribution in [-0.2, 0) is 26.1 Å². The Morgan fingerprint density at radius 2 is 1.77 bits per heavy atom. The van der Waals surface area contributed by atoms with E-state index >= 15 is 0 Å². The maximum absolute atomic E-state index is 13.1. The fraction of sp³-hybridized carbons (Fsp3) is 0.286. The zero-order chi connectivity index (χ0) is 31.4. The minimum absolute atomic E-state index is 0.0103. The Balaban J connectivity index is 1.50. The number of hydrogen-bond acceptors (Lipinski definition) is 8. The van der Waals surface area contributed by atoms with Gasteiger partial charge in [0.1, 0.15) is 11.6 Å². The Labute approximate surface area is 244 Å². The molecule has 0 aliphatic rings. The first-order valence-corrected chi connectivity index (χ1v) is 14.4. The number of aromatic carboxylic acids is 1. The van der Waals surface area contributed by atoms with Gasteiger partial charge in [0.15, 0.2) is 11.3 Å². The van der Waals surface area contributed by atoms with Crippen molar-refractivity contribution < 1.29 is 41.0 Å². The third-order valence-electron chi connectivity index (χ3n) is 6.47. The fourth-order valence-electron chi connectivity index (χ4n) is 4.12. The van der Waals surface area contributed by atoms with Gasteiger partial charge in [-0.1, -0.05) is 30.3 Å². The molecule has 4 aromatic rings. The molecule has 15 heteroatoms. The molecule has 11 nitrogen and oxygen atoms in total.